The summed E-state index contributed by atoms with van der Waals surface area (Å²) in [6, 6.07) is 11.6. The van der Waals surface area contributed by atoms with Crippen molar-refractivity contribution in [2.75, 3.05) is 16.8 Å². The lowest BCUT2D eigenvalue weighted by Crippen LogP contribution is -2.29. The molecule has 0 radical (unpaired) electrons. The molecule has 1 saturated heterocycles. The predicted molar refractivity (Wildman–Crippen MR) is 101 cm³/mol. The number of carbonyl (C=O) groups is 2. The van der Waals surface area contributed by atoms with Crippen molar-refractivity contribution in [3.8, 4) is 0 Å². The van der Waals surface area contributed by atoms with Gasteiger partial charge in [-0.1, -0.05) is 32.0 Å². The highest BCUT2D eigenvalue weighted by Gasteiger charge is 2.36. The standard InChI is InChI=1S/C21H23FN2O2/c1-13(2)18-6-4-5-14(3)20(18)24-12-15(11-19(24)25)21(26)23-17-9-7-16(22)8-10-17/h4-10,13,15H,11-12H2,1-3H3,(H,23,26). The molecular formula is C21H23FN2O2. The second kappa shape index (κ2) is 7.28. The van der Waals surface area contributed by atoms with Crippen LogP contribution in [0.15, 0.2) is 42.5 Å². The number of amides is 2. The summed E-state index contributed by atoms with van der Waals surface area (Å²) in [6.45, 7) is 6.53. The molecule has 26 heavy (non-hydrogen) atoms. The van der Waals surface area contributed by atoms with E-state index in [9.17, 15) is 14.0 Å². The Balaban J connectivity index is 1.79. The van der Waals surface area contributed by atoms with Gasteiger partial charge in [-0.2, -0.15) is 0 Å². The molecule has 0 saturated carbocycles. The number of hydrogen-bond donors (Lipinski definition) is 1. The summed E-state index contributed by atoms with van der Waals surface area (Å²) in [5.74, 6) is -0.754. The molecule has 1 heterocycles. The highest BCUT2D eigenvalue weighted by Crippen LogP contribution is 2.35. The average Bonchev–Trinajstić information content (AvgIpc) is 2.98. The Bertz CT molecular complexity index is 830. The quantitative estimate of drug-likeness (QED) is 0.892. The maximum Gasteiger partial charge on any atom is 0.229 e. The molecule has 0 spiro atoms. The molecule has 3 rings (SSSR count). The highest BCUT2D eigenvalue weighted by atomic mass is 19.1. The zero-order chi connectivity index (χ0) is 18.8. The van der Waals surface area contributed by atoms with Crippen LogP contribution < -0.4 is 10.2 Å². The Labute approximate surface area is 153 Å². The Morgan fingerprint density at radius 3 is 2.54 bits per heavy atom. The summed E-state index contributed by atoms with van der Waals surface area (Å²) in [5, 5.41) is 2.77. The van der Waals surface area contributed by atoms with Crippen LogP contribution in [0.4, 0.5) is 15.8 Å². The van der Waals surface area contributed by atoms with Crippen molar-refractivity contribution < 1.29 is 14.0 Å². The lowest BCUT2D eigenvalue weighted by atomic mass is 9.97. The third kappa shape index (κ3) is 3.62. The summed E-state index contributed by atoms with van der Waals surface area (Å²) in [5.41, 5.74) is 3.59. The van der Waals surface area contributed by atoms with Crippen LogP contribution in [0.3, 0.4) is 0 Å². The molecule has 1 N–H and O–H groups in total. The number of aryl methyl sites for hydroxylation is 1. The molecule has 1 atom stereocenters. The van der Waals surface area contributed by atoms with E-state index in [-0.39, 0.29) is 30.0 Å². The van der Waals surface area contributed by atoms with Crippen LogP contribution in [0.5, 0.6) is 0 Å². The number of benzene rings is 2. The third-order valence-corrected chi connectivity index (χ3v) is 4.77. The van der Waals surface area contributed by atoms with Crippen molar-refractivity contribution in [1.29, 1.82) is 0 Å². The molecule has 136 valence electrons. The van der Waals surface area contributed by atoms with E-state index in [0.29, 0.717) is 12.2 Å². The molecule has 2 aromatic rings. The zero-order valence-electron chi connectivity index (χ0n) is 15.3. The van der Waals surface area contributed by atoms with E-state index in [0.717, 1.165) is 16.8 Å². The molecule has 1 aliphatic heterocycles. The largest absolute Gasteiger partial charge is 0.326 e. The maximum absolute atomic E-state index is 13.0. The van der Waals surface area contributed by atoms with Gasteiger partial charge in [0.15, 0.2) is 0 Å². The summed E-state index contributed by atoms with van der Waals surface area (Å²) in [7, 11) is 0. The van der Waals surface area contributed by atoms with E-state index < -0.39 is 5.92 Å². The summed E-state index contributed by atoms with van der Waals surface area (Å²) in [4.78, 5) is 26.9. The molecule has 0 bridgehead atoms. The minimum Gasteiger partial charge on any atom is -0.326 e. The van der Waals surface area contributed by atoms with Crippen LogP contribution in [-0.2, 0) is 9.59 Å². The Morgan fingerprint density at radius 1 is 1.19 bits per heavy atom. The van der Waals surface area contributed by atoms with Crippen LogP contribution in [0.25, 0.3) is 0 Å². The minimum atomic E-state index is -0.424. The van der Waals surface area contributed by atoms with Gasteiger partial charge in [-0.3, -0.25) is 9.59 Å². The maximum atomic E-state index is 13.0. The van der Waals surface area contributed by atoms with Crippen molar-refractivity contribution >= 4 is 23.2 Å². The van der Waals surface area contributed by atoms with Crippen LogP contribution in [0.1, 0.15) is 37.3 Å². The first-order valence-electron chi connectivity index (χ1n) is 8.83. The van der Waals surface area contributed by atoms with E-state index >= 15 is 0 Å². The highest BCUT2D eigenvalue weighted by molar-refractivity contribution is 6.04. The van der Waals surface area contributed by atoms with Gasteiger partial charge in [0.05, 0.1) is 5.92 Å². The van der Waals surface area contributed by atoms with Crippen molar-refractivity contribution in [3.05, 3.63) is 59.4 Å². The van der Waals surface area contributed by atoms with Crippen LogP contribution in [-0.4, -0.2) is 18.4 Å². The summed E-state index contributed by atoms with van der Waals surface area (Å²) >= 11 is 0. The lowest BCUT2D eigenvalue weighted by molar-refractivity contribution is -0.122. The predicted octanol–water partition coefficient (Wildman–Crippen LogP) is 4.25. The second-order valence-electron chi connectivity index (χ2n) is 7.07. The van der Waals surface area contributed by atoms with Gasteiger partial charge in [0.2, 0.25) is 11.8 Å². The monoisotopic (exact) mass is 354 g/mol. The number of nitrogens with zero attached hydrogens (tertiary/aromatic N) is 1. The van der Waals surface area contributed by atoms with E-state index in [1.54, 1.807) is 4.90 Å². The number of carbonyl (C=O) groups excluding carboxylic acids is 2. The number of para-hydroxylation sites is 1. The molecule has 4 nitrogen and oxygen atoms in total. The number of halogens is 1. The Hall–Kier alpha value is -2.69. The summed E-state index contributed by atoms with van der Waals surface area (Å²) in [6.07, 6.45) is 0.179. The van der Waals surface area contributed by atoms with Crippen molar-refractivity contribution in [2.24, 2.45) is 5.92 Å². The zero-order valence-corrected chi connectivity index (χ0v) is 15.3. The van der Waals surface area contributed by atoms with Gasteiger partial charge in [0.1, 0.15) is 5.82 Å². The molecule has 0 aliphatic carbocycles. The minimum absolute atomic E-state index is 0.0412. The second-order valence-corrected chi connectivity index (χ2v) is 7.07. The topological polar surface area (TPSA) is 49.4 Å². The Morgan fingerprint density at radius 2 is 1.88 bits per heavy atom. The van der Waals surface area contributed by atoms with Gasteiger partial charge >= 0.3 is 0 Å². The van der Waals surface area contributed by atoms with Gasteiger partial charge in [0.25, 0.3) is 0 Å². The fraction of sp³-hybridized carbons (Fsp3) is 0.333. The molecule has 1 aliphatic rings. The fourth-order valence-corrected chi connectivity index (χ4v) is 3.39. The molecule has 1 unspecified atom stereocenters. The van der Waals surface area contributed by atoms with Crippen molar-refractivity contribution in [3.63, 3.8) is 0 Å². The van der Waals surface area contributed by atoms with Gasteiger partial charge in [-0.15, -0.1) is 0 Å². The number of nitrogens with one attached hydrogen (secondary N) is 1. The normalized spacial score (nSPS) is 17.0. The molecule has 0 aromatic heterocycles. The van der Waals surface area contributed by atoms with Gasteiger partial charge in [-0.25, -0.2) is 4.39 Å². The van der Waals surface area contributed by atoms with Gasteiger partial charge in [-0.05, 0) is 48.2 Å². The smallest absolute Gasteiger partial charge is 0.229 e. The molecular weight excluding hydrogens is 331 g/mol. The van der Waals surface area contributed by atoms with E-state index in [1.807, 2.05) is 25.1 Å². The molecule has 2 amide bonds. The Kier molecular flexibility index (Phi) is 5.07. The third-order valence-electron chi connectivity index (χ3n) is 4.77. The average molecular weight is 354 g/mol. The SMILES string of the molecule is Cc1cccc(C(C)C)c1N1CC(C(=O)Nc2ccc(F)cc2)CC1=O. The first-order chi connectivity index (χ1) is 12.4. The van der Waals surface area contributed by atoms with Crippen LogP contribution in [0.2, 0.25) is 0 Å². The molecule has 2 aromatic carbocycles. The first kappa shape index (κ1) is 18.1. The number of hydrogen-bond acceptors (Lipinski definition) is 2. The van der Waals surface area contributed by atoms with Crippen LogP contribution in [0, 0.1) is 18.7 Å². The van der Waals surface area contributed by atoms with E-state index in [4.69, 9.17) is 0 Å². The van der Waals surface area contributed by atoms with E-state index in [2.05, 4.69) is 19.2 Å². The van der Waals surface area contributed by atoms with Crippen molar-refractivity contribution in [2.45, 2.75) is 33.1 Å². The summed E-state index contributed by atoms with van der Waals surface area (Å²) < 4.78 is 13.0. The van der Waals surface area contributed by atoms with Gasteiger partial charge in [0, 0.05) is 24.3 Å². The number of anilines is 2. The van der Waals surface area contributed by atoms with E-state index in [1.165, 1.54) is 24.3 Å². The number of rotatable bonds is 4. The first-order valence-corrected chi connectivity index (χ1v) is 8.83. The fourth-order valence-electron chi connectivity index (χ4n) is 3.39. The molecule has 5 heteroatoms. The lowest BCUT2D eigenvalue weighted by Gasteiger charge is -2.24. The van der Waals surface area contributed by atoms with Crippen molar-refractivity contribution in [1.82, 2.24) is 0 Å². The van der Waals surface area contributed by atoms with Crippen LogP contribution >= 0.6 is 0 Å². The molecule has 1 fully saturated rings. The van der Waals surface area contributed by atoms with Gasteiger partial charge < -0.3 is 10.2 Å².